The van der Waals surface area contributed by atoms with Crippen LogP contribution in [0.25, 0.3) is 0 Å². The molecule has 1 fully saturated rings. The SMILES string of the molecule is N=C(N)CCNC(=O)[C@H]1CC[C@H](N)C1. The van der Waals surface area contributed by atoms with Gasteiger partial charge in [0.15, 0.2) is 0 Å². The van der Waals surface area contributed by atoms with Gasteiger partial charge in [0.1, 0.15) is 0 Å². The van der Waals surface area contributed by atoms with E-state index in [1.165, 1.54) is 0 Å². The maximum absolute atomic E-state index is 11.5. The van der Waals surface area contributed by atoms with Gasteiger partial charge in [-0.25, -0.2) is 0 Å². The number of amides is 1. The summed E-state index contributed by atoms with van der Waals surface area (Å²) in [6.45, 7) is 0.458. The van der Waals surface area contributed by atoms with Crippen molar-refractivity contribution in [3.63, 3.8) is 0 Å². The fraction of sp³-hybridized carbons (Fsp3) is 0.778. The number of hydrogen-bond acceptors (Lipinski definition) is 3. The van der Waals surface area contributed by atoms with Gasteiger partial charge in [-0.3, -0.25) is 10.2 Å². The molecule has 0 unspecified atom stereocenters. The highest BCUT2D eigenvalue weighted by molar-refractivity contribution is 5.81. The molecule has 1 rings (SSSR count). The molecule has 1 aliphatic carbocycles. The van der Waals surface area contributed by atoms with Crippen LogP contribution < -0.4 is 16.8 Å². The summed E-state index contributed by atoms with van der Waals surface area (Å²) in [5.41, 5.74) is 10.9. The molecule has 0 spiro atoms. The summed E-state index contributed by atoms with van der Waals surface area (Å²) in [4.78, 5) is 11.5. The molecule has 0 heterocycles. The number of nitrogens with two attached hydrogens (primary N) is 2. The Morgan fingerprint density at radius 1 is 1.50 bits per heavy atom. The maximum atomic E-state index is 11.5. The van der Waals surface area contributed by atoms with Gasteiger partial charge in [-0.2, -0.15) is 0 Å². The number of amidine groups is 1. The van der Waals surface area contributed by atoms with Crippen LogP contribution in [0.15, 0.2) is 0 Å². The number of rotatable bonds is 4. The first kappa shape index (κ1) is 11.0. The third kappa shape index (κ3) is 3.33. The lowest BCUT2D eigenvalue weighted by Gasteiger charge is -2.09. The summed E-state index contributed by atoms with van der Waals surface area (Å²) < 4.78 is 0. The fourth-order valence-corrected chi connectivity index (χ4v) is 1.72. The van der Waals surface area contributed by atoms with Crippen LogP contribution in [0, 0.1) is 11.3 Å². The second-order valence-electron chi connectivity index (χ2n) is 3.84. The lowest BCUT2D eigenvalue weighted by Crippen LogP contribution is -2.32. The summed E-state index contributed by atoms with van der Waals surface area (Å²) in [6, 6.07) is 0.179. The molecule has 0 saturated heterocycles. The summed E-state index contributed by atoms with van der Waals surface area (Å²) in [7, 11) is 0. The monoisotopic (exact) mass is 198 g/mol. The highest BCUT2D eigenvalue weighted by Crippen LogP contribution is 2.23. The molecule has 5 nitrogen and oxygen atoms in total. The average molecular weight is 198 g/mol. The smallest absolute Gasteiger partial charge is 0.223 e. The predicted octanol–water partition coefficient (Wildman–Crippen LogP) is -0.444. The zero-order valence-corrected chi connectivity index (χ0v) is 8.25. The highest BCUT2D eigenvalue weighted by Gasteiger charge is 2.27. The van der Waals surface area contributed by atoms with Gasteiger partial charge < -0.3 is 16.8 Å². The van der Waals surface area contributed by atoms with Gasteiger partial charge in [0, 0.05) is 24.9 Å². The van der Waals surface area contributed by atoms with Crippen LogP contribution in [-0.2, 0) is 4.79 Å². The number of hydrogen-bond donors (Lipinski definition) is 4. The van der Waals surface area contributed by atoms with Crippen molar-refractivity contribution in [3.05, 3.63) is 0 Å². The standard InChI is InChI=1S/C9H18N4O/c10-7-2-1-6(5-7)9(14)13-4-3-8(11)12/h6-7H,1-5,10H2,(H3,11,12)(H,13,14)/t6-,7-/m0/s1. The third-order valence-electron chi connectivity index (χ3n) is 2.54. The van der Waals surface area contributed by atoms with E-state index in [9.17, 15) is 4.79 Å². The fourth-order valence-electron chi connectivity index (χ4n) is 1.72. The van der Waals surface area contributed by atoms with Crippen molar-refractivity contribution in [2.24, 2.45) is 17.4 Å². The quantitative estimate of drug-likeness (QED) is 0.363. The van der Waals surface area contributed by atoms with E-state index >= 15 is 0 Å². The largest absolute Gasteiger partial charge is 0.388 e. The van der Waals surface area contributed by atoms with E-state index in [1.54, 1.807) is 0 Å². The van der Waals surface area contributed by atoms with Gasteiger partial charge >= 0.3 is 0 Å². The van der Waals surface area contributed by atoms with E-state index in [1.807, 2.05) is 0 Å². The molecule has 0 bridgehead atoms. The van der Waals surface area contributed by atoms with Crippen LogP contribution in [0.2, 0.25) is 0 Å². The van der Waals surface area contributed by atoms with Gasteiger partial charge in [-0.05, 0) is 19.3 Å². The van der Waals surface area contributed by atoms with Crippen molar-refractivity contribution < 1.29 is 4.79 Å². The van der Waals surface area contributed by atoms with Gasteiger partial charge in [0.05, 0.1) is 5.84 Å². The van der Waals surface area contributed by atoms with Crippen molar-refractivity contribution in [1.82, 2.24) is 5.32 Å². The first-order valence-electron chi connectivity index (χ1n) is 4.95. The molecule has 1 aliphatic rings. The minimum Gasteiger partial charge on any atom is -0.388 e. The van der Waals surface area contributed by atoms with Crippen LogP contribution in [-0.4, -0.2) is 24.3 Å². The summed E-state index contributed by atoms with van der Waals surface area (Å²) in [5.74, 6) is 0.226. The molecule has 1 saturated carbocycles. The normalized spacial score (nSPS) is 26.1. The molecule has 1 amide bonds. The second kappa shape index (κ2) is 4.95. The van der Waals surface area contributed by atoms with Crippen LogP contribution in [0.5, 0.6) is 0 Å². The lowest BCUT2D eigenvalue weighted by molar-refractivity contribution is -0.124. The van der Waals surface area contributed by atoms with Gasteiger partial charge in [-0.15, -0.1) is 0 Å². The van der Waals surface area contributed by atoms with E-state index in [-0.39, 0.29) is 23.7 Å². The summed E-state index contributed by atoms with van der Waals surface area (Å²) in [6.07, 6.45) is 3.02. The Balaban J connectivity index is 2.18. The van der Waals surface area contributed by atoms with E-state index in [0.29, 0.717) is 13.0 Å². The van der Waals surface area contributed by atoms with Crippen molar-refractivity contribution in [2.75, 3.05) is 6.54 Å². The van der Waals surface area contributed by atoms with Crippen molar-refractivity contribution in [1.29, 1.82) is 5.41 Å². The van der Waals surface area contributed by atoms with Crippen LogP contribution in [0.4, 0.5) is 0 Å². The first-order chi connectivity index (χ1) is 6.59. The Kier molecular flexibility index (Phi) is 3.88. The van der Waals surface area contributed by atoms with Gasteiger partial charge in [0.25, 0.3) is 0 Å². The van der Waals surface area contributed by atoms with E-state index in [0.717, 1.165) is 19.3 Å². The van der Waals surface area contributed by atoms with Crippen LogP contribution >= 0.6 is 0 Å². The molecule has 0 aromatic heterocycles. The molecule has 80 valence electrons. The average Bonchev–Trinajstić information content (AvgIpc) is 2.51. The first-order valence-corrected chi connectivity index (χ1v) is 4.95. The third-order valence-corrected chi connectivity index (χ3v) is 2.54. The number of nitrogens with one attached hydrogen (secondary N) is 2. The minimum absolute atomic E-state index is 0.0548. The Hall–Kier alpha value is -1.10. The highest BCUT2D eigenvalue weighted by atomic mass is 16.1. The van der Waals surface area contributed by atoms with Gasteiger partial charge in [0.2, 0.25) is 5.91 Å². The molecule has 0 aromatic rings. The second-order valence-corrected chi connectivity index (χ2v) is 3.84. The van der Waals surface area contributed by atoms with E-state index in [2.05, 4.69) is 5.32 Å². The Labute approximate surface area is 83.7 Å². The molecule has 0 aromatic carbocycles. The van der Waals surface area contributed by atoms with Crippen molar-refractivity contribution in [2.45, 2.75) is 31.7 Å². The topological polar surface area (TPSA) is 105 Å². The predicted molar refractivity (Wildman–Crippen MR) is 54.9 cm³/mol. The molecule has 5 heteroatoms. The zero-order valence-electron chi connectivity index (χ0n) is 8.25. The van der Waals surface area contributed by atoms with E-state index in [4.69, 9.17) is 16.9 Å². The molecular formula is C9H18N4O. The minimum atomic E-state index is 0.0548. The molecule has 14 heavy (non-hydrogen) atoms. The van der Waals surface area contributed by atoms with E-state index < -0.39 is 0 Å². The maximum Gasteiger partial charge on any atom is 0.223 e. The summed E-state index contributed by atoms with van der Waals surface area (Å²) in [5, 5.41) is 9.75. The molecule has 0 radical (unpaired) electrons. The van der Waals surface area contributed by atoms with Crippen molar-refractivity contribution in [3.8, 4) is 0 Å². The van der Waals surface area contributed by atoms with Crippen LogP contribution in [0.3, 0.4) is 0 Å². The van der Waals surface area contributed by atoms with Gasteiger partial charge in [-0.1, -0.05) is 0 Å². The number of carbonyl (C=O) groups is 1. The molecule has 0 aliphatic heterocycles. The lowest BCUT2D eigenvalue weighted by atomic mass is 10.1. The number of carbonyl (C=O) groups excluding carboxylic acids is 1. The molecule has 2 atom stereocenters. The Bertz CT molecular complexity index is 229. The Morgan fingerprint density at radius 3 is 2.71 bits per heavy atom. The Morgan fingerprint density at radius 2 is 2.21 bits per heavy atom. The van der Waals surface area contributed by atoms with Crippen molar-refractivity contribution >= 4 is 11.7 Å². The summed E-state index contributed by atoms with van der Waals surface area (Å²) >= 11 is 0. The molecule has 6 N–H and O–H groups in total. The molecular weight excluding hydrogens is 180 g/mol. The van der Waals surface area contributed by atoms with Crippen LogP contribution in [0.1, 0.15) is 25.7 Å². The zero-order chi connectivity index (χ0) is 10.6.